The number of hydrogen-bond acceptors (Lipinski definition) is 3. The molecule has 1 aliphatic heterocycles. The fourth-order valence-corrected chi connectivity index (χ4v) is 2.20. The van der Waals surface area contributed by atoms with Crippen LogP contribution in [0, 0.1) is 6.92 Å². The number of hydrogen-bond donors (Lipinski definition) is 2. The zero-order valence-electron chi connectivity index (χ0n) is 11.3. The van der Waals surface area contributed by atoms with Gasteiger partial charge >= 0.3 is 0 Å². The molecule has 5 heteroatoms. The van der Waals surface area contributed by atoms with Crippen LogP contribution in [0.15, 0.2) is 24.3 Å². The van der Waals surface area contributed by atoms with Gasteiger partial charge in [0.2, 0.25) is 11.8 Å². The van der Waals surface area contributed by atoms with Crippen LogP contribution in [0.5, 0.6) is 0 Å². The van der Waals surface area contributed by atoms with E-state index in [9.17, 15) is 9.59 Å². The number of carbonyl (C=O) groups is 2. The first-order valence-electron chi connectivity index (χ1n) is 6.44. The van der Waals surface area contributed by atoms with Gasteiger partial charge in [-0.05, 0) is 32.5 Å². The number of likely N-dealkylation sites (N-methyl/N-ethyl adjacent to an activating group) is 1. The van der Waals surface area contributed by atoms with Gasteiger partial charge in [0.25, 0.3) is 0 Å². The van der Waals surface area contributed by atoms with Crippen molar-refractivity contribution in [2.75, 3.05) is 25.0 Å². The highest BCUT2D eigenvalue weighted by molar-refractivity contribution is 6.01. The Morgan fingerprint density at radius 3 is 2.68 bits per heavy atom. The smallest absolute Gasteiger partial charge is 0.249 e. The molecule has 1 saturated heterocycles. The van der Waals surface area contributed by atoms with Gasteiger partial charge in [-0.2, -0.15) is 0 Å². The van der Waals surface area contributed by atoms with Crippen molar-refractivity contribution >= 4 is 17.5 Å². The van der Waals surface area contributed by atoms with Crippen molar-refractivity contribution in [2.45, 2.75) is 19.4 Å². The maximum atomic E-state index is 12.2. The normalized spacial score (nSPS) is 18.7. The lowest BCUT2D eigenvalue weighted by atomic mass is 10.2. The largest absolute Gasteiger partial charge is 0.343 e. The van der Waals surface area contributed by atoms with E-state index < -0.39 is 6.04 Å². The molecule has 0 spiro atoms. The van der Waals surface area contributed by atoms with Crippen LogP contribution >= 0.6 is 0 Å². The quantitative estimate of drug-likeness (QED) is 0.826. The van der Waals surface area contributed by atoms with E-state index in [1.54, 1.807) is 11.9 Å². The summed E-state index contributed by atoms with van der Waals surface area (Å²) in [6, 6.07) is 7.43. The van der Waals surface area contributed by atoms with Gasteiger partial charge in [0, 0.05) is 12.2 Å². The fraction of sp³-hybridized carbons (Fsp3) is 0.429. The Kier molecular flexibility index (Phi) is 4.16. The summed E-state index contributed by atoms with van der Waals surface area (Å²) in [5.74, 6) is -0.181. The molecule has 19 heavy (non-hydrogen) atoms. The lowest BCUT2D eigenvalue weighted by Crippen LogP contribution is -2.44. The molecule has 0 aromatic heterocycles. The van der Waals surface area contributed by atoms with E-state index in [1.165, 1.54) is 0 Å². The average Bonchev–Trinajstić information content (AvgIpc) is 2.73. The predicted molar refractivity (Wildman–Crippen MR) is 74.0 cm³/mol. The highest BCUT2D eigenvalue weighted by Gasteiger charge is 2.33. The molecule has 0 saturated carbocycles. The summed E-state index contributed by atoms with van der Waals surface area (Å²) in [4.78, 5) is 25.4. The lowest BCUT2D eigenvalue weighted by Gasteiger charge is -2.17. The summed E-state index contributed by atoms with van der Waals surface area (Å²) in [7, 11) is 1.70. The minimum atomic E-state index is -0.401. The molecule has 2 N–H and O–H groups in total. The summed E-state index contributed by atoms with van der Waals surface area (Å²) in [5, 5.41) is 5.52. The van der Waals surface area contributed by atoms with Crippen molar-refractivity contribution < 1.29 is 9.59 Å². The molecule has 2 rings (SSSR count). The zero-order valence-corrected chi connectivity index (χ0v) is 11.3. The third-order valence-corrected chi connectivity index (χ3v) is 3.22. The lowest BCUT2D eigenvalue weighted by molar-refractivity contribution is -0.125. The Balaban J connectivity index is 2.01. The van der Waals surface area contributed by atoms with Crippen LogP contribution in [0.1, 0.15) is 12.0 Å². The summed E-state index contributed by atoms with van der Waals surface area (Å²) >= 11 is 0. The third kappa shape index (κ3) is 3.12. The number of rotatable bonds is 4. The van der Waals surface area contributed by atoms with Gasteiger partial charge in [0.05, 0.1) is 6.54 Å². The van der Waals surface area contributed by atoms with Crippen molar-refractivity contribution in [1.29, 1.82) is 0 Å². The molecule has 1 unspecified atom stereocenters. The Hall–Kier alpha value is -1.88. The standard InChI is InChI=1S/C14H19N3O2/c1-10-3-5-11(6-4-10)17-8-7-12(14(17)19)16-13(18)9-15-2/h3-6,12,15H,7-9H2,1-2H3,(H,16,18). The zero-order chi connectivity index (χ0) is 13.8. The van der Waals surface area contributed by atoms with Crippen LogP contribution in [-0.2, 0) is 9.59 Å². The van der Waals surface area contributed by atoms with E-state index in [0.29, 0.717) is 13.0 Å². The molecule has 1 atom stereocenters. The second-order valence-electron chi connectivity index (χ2n) is 4.76. The van der Waals surface area contributed by atoms with E-state index in [1.807, 2.05) is 31.2 Å². The molecule has 1 aromatic carbocycles. The molecule has 1 fully saturated rings. The minimum absolute atomic E-state index is 0.0340. The van der Waals surface area contributed by atoms with Gasteiger partial charge in [-0.3, -0.25) is 9.59 Å². The van der Waals surface area contributed by atoms with Crippen LogP contribution in [-0.4, -0.2) is 38.0 Å². The summed E-state index contributed by atoms with van der Waals surface area (Å²) < 4.78 is 0. The fourth-order valence-electron chi connectivity index (χ4n) is 2.20. The first kappa shape index (κ1) is 13.5. The average molecular weight is 261 g/mol. The molecular weight excluding hydrogens is 242 g/mol. The SMILES string of the molecule is CNCC(=O)NC1CCN(c2ccc(C)cc2)C1=O. The Morgan fingerprint density at radius 1 is 1.37 bits per heavy atom. The summed E-state index contributed by atoms with van der Waals surface area (Å²) in [6.07, 6.45) is 0.655. The van der Waals surface area contributed by atoms with Gasteiger partial charge in [-0.25, -0.2) is 0 Å². The topological polar surface area (TPSA) is 61.4 Å². The van der Waals surface area contributed by atoms with Crippen LogP contribution in [0.2, 0.25) is 0 Å². The number of aryl methyl sites for hydroxylation is 1. The summed E-state index contributed by atoms with van der Waals surface area (Å²) in [5.41, 5.74) is 2.05. The second-order valence-corrected chi connectivity index (χ2v) is 4.76. The first-order valence-corrected chi connectivity index (χ1v) is 6.44. The molecule has 0 bridgehead atoms. The van der Waals surface area contributed by atoms with E-state index in [2.05, 4.69) is 10.6 Å². The molecule has 0 aliphatic carbocycles. The number of nitrogens with zero attached hydrogens (tertiary/aromatic N) is 1. The third-order valence-electron chi connectivity index (χ3n) is 3.22. The first-order chi connectivity index (χ1) is 9.11. The number of amides is 2. The highest BCUT2D eigenvalue weighted by Crippen LogP contribution is 2.21. The molecule has 1 aliphatic rings. The Bertz CT molecular complexity index is 470. The van der Waals surface area contributed by atoms with Crippen molar-refractivity contribution in [2.24, 2.45) is 0 Å². The van der Waals surface area contributed by atoms with Crippen LogP contribution in [0.3, 0.4) is 0 Å². The maximum Gasteiger partial charge on any atom is 0.249 e. The molecule has 5 nitrogen and oxygen atoms in total. The van der Waals surface area contributed by atoms with Gasteiger partial charge < -0.3 is 15.5 Å². The van der Waals surface area contributed by atoms with Crippen molar-refractivity contribution in [3.8, 4) is 0 Å². The predicted octanol–water partition coefficient (Wildman–Crippen LogP) is 0.436. The second kappa shape index (κ2) is 5.84. The van der Waals surface area contributed by atoms with Gasteiger partial charge in [-0.15, -0.1) is 0 Å². The van der Waals surface area contributed by atoms with E-state index >= 15 is 0 Å². The Labute approximate surface area is 113 Å². The van der Waals surface area contributed by atoms with Crippen molar-refractivity contribution in [1.82, 2.24) is 10.6 Å². The van der Waals surface area contributed by atoms with E-state index in [-0.39, 0.29) is 18.4 Å². The summed E-state index contributed by atoms with van der Waals surface area (Å²) in [6.45, 7) is 2.89. The maximum absolute atomic E-state index is 12.2. The van der Waals surface area contributed by atoms with E-state index in [0.717, 1.165) is 11.3 Å². The van der Waals surface area contributed by atoms with Crippen molar-refractivity contribution in [3.05, 3.63) is 29.8 Å². The molecule has 2 amide bonds. The van der Waals surface area contributed by atoms with Crippen LogP contribution < -0.4 is 15.5 Å². The minimum Gasteiger partial charge on any atom is -0.343 e. The number of benzene rings is 1. The van der Waals surface area contributed by atoms with E-state index in [4.69, 9.17) is 0 Å². The van der Waals surface area contributed by atoms with Crippen LogP contribution in [0.4, 0.5) is 5.69 Å². The molecule has 1 aromatic rings. The number of anilines is 1. The molecule has 102 valence electrons. The number of nitrogens with one attached hydrogen (secondary N) is 2. The van der Waals surface area contributed by atoms with Gasteiger partial charge in [0.1, 0.15) is 6.04 Å². The van der Waals surface area contributed by atoms with Gasteiger partial charge in [-0.1, -0.05) is 17.7 Å². The number of carbonyl (C=O) groups excluding carboxylic acids is 2. The molecule has 1 heterocycles. The highest BCUT2D eigenvalue weighted by atomic mass is 16.2. The molecular formula is C14H19N3O2. The monoisotopic (exact) mass is 261 g/mol. The van der Waals surface area contributed by atoms with Crippen LogP contribution in [0.25, 0.3) is 0 Å². The molecule has 0 radical (unpaired) electrons. The van der Waals surface area contributed by atoms with Gasteiger partial charge in [0.15, 0.2) is 0 Å². The van der Waals surface area contributed by atoms with Crippen molar-refractivity contribution in [3.63, 3.8) is 0 Å². The Morgan fingerprint density at radius 2 is 2.05 bits per heavy atom.